The highest BCUT2D eigenvalue weighted by molar-refractivity contribution is 6.04. The van der Waals surface area contributed by atoms with Gasteiger partial charge in [-0.2, -0.15) is 0 Å². The van der Waals surface area contributed by atoms with Crippen LogP contribution < -0.4 is 15.4 Å². The highest BCUT2D eigenvalue weighted by atomic mass is 16.5. The van der Waals surface area contributed by atoms with E-state index in [0.29, 0.717) is 23.8 Å². The Morgan fingerprint density at radius 2 is 1.39 bits per heavy atom. The van der Waals surface area contributed by atoms with Gasteiger partial charge in [0.1, 0.15) is 5.75 Å². The summed E-state index contributed by atoms with van der Waals surface area (Å²) >= 11 is 0. The number of carbonyl (C=O) groups excluding carboxylic acids is 2. The summed E-state index contributed by atoms with van der Waals surface area (Å²) in [6, 6.07) is 15.2. The van der Waals surface area contributed by atoms with Gasteiger partial charge >= 0.3 is 0 Å². The molecule has 0 radical (unpaired) electrons. The lowest BCUT2D eigenvalue weighted by Gasteiger charge is -2.15. The van der Waals surface area contributed by atoms with Crippen LogP contribution >= 0.6 is 0 Å². The minimum absolute atomic E-state index is 0.0125. The molecule has 2 aromatic carbocycles. The van der Waals surface area contributed by atoms with E-state index in [9.17, 15) is 9.59 Å². The van der Waals surface area contributed by atoms with Crippen molar-refractivity contribution >= 4 is 23.2 Å². The van der Waals surface area contributed by atoms with Crippen LogP contribution in [0.5, 0.6) is 5.75 Å². The summed E-state index contributed by atoms with van der Waals surface area (Å²) in [5, 5.41) is 5.91. The minimum atomic E-state index is -0.307. The standard InChI is InChI=1S/C23H28N2O3/c1-14(2)16-9-5-6-10-19(16)24-22(26)17-13-18(17)23(27)25-20-11-7-8-12-21(20)28-15(3)4/h5-12,14-15,17-18H,13H2,1-4H3,(H,24,26)(H,25,27). The van der Waals surface area contributed by atoms with Crippen molar-refractivity contribution in [1.29, 1.82) is 0 Å². The molecule has 0 saturated heterocycles. The van der Waals surface area contributed by atoms with Gasteiger partial charge in [-0.05, 0) is 49.9 Å². The lowest BCUT2D eigenvalue weighted by atomic mass is 10.0. The van der Waals surface area contributed by atoms with E-state index in [-0.39, 0.29) is 29.8 Å². The molecule has 0 heterocycles. The van der Waals surface area contributed by atoms with Gasteiger partial charge in [0.2, 0.25) is 11.8 Å². The quantitative estimate of drug-likeness (QED) is 0.724. The first-order valence-electron chi connectivity index (χ1n) is 9.83. The van der Waals surface area contributed by atoms with E-state index in [1.165, 1.54) is 0 Å². The van der Waals surface area contributed by atoms with Crippen LogP contribution in [-0.2, 0) is 9.59 Å². The summed E-state index contributed by atoms with van der Waals surface area (Å²) in [5.74, 6) is 0.111. The number of ether oxygens (including phenoxy) is 1. The Labute approximate surface area is 166 Å². The molecule has 148 valence electrons. The number of hydrogen-bond acceptors (Lipinski definition) is 3. The van der Waals surface area contributed by atoms with Gasteiger partial charge in [0.05, 0.1) is 23.6 Å². The Morgan fingerprint density at radius 1 is 0.857 bits per heavy atom. The van der Waals surface area contributed by atoms with Gasteiger partial charge in [-0.3, -0.25) is 9.59 Å². The largest absolute Gasteiger partial charge is 0.489 e. The van der Waals surface area contributed by atoms with Crippen LogP contribution in [0.3, 0.4) is 0 Å². The predicted molar refractivity (Wildman–Crippen MR) is 112 cm³/mol. The topological polar surface area (TPSA) is 67.4 Å². The number of para-hydroxylation sites is 3. The Hall–Kier alpha value is -2.82. The van der Waals surface area contributed by atoms with Crippen molar-refractivity contribution in [2.75, 3.05) is 10.6 Å². The van der Waals surface area contributed by atoms with Crippen molar-refractivity contribution in [3.8, 4) is 5.75 Å². The van der Waals surface area contributed by atoms with Crippen molar-refractivity contribution in [1.82, 2.24) is 0 Å². The number of benzene rings is 2. The second-order valence-corrected chi connectivity index (χ2v) is 7.83. The van der Waals surface area contributed by atoms with Crippen LogP contribution in [0.25, 0.3) is 0 Å². The first-order valence-corrected chi connectivity index (χ1v) is 9.83. The maximum Gasteiger partial charge on any atom is 0.228 e. The first kappa shape index (κ1) is 19.9. The van der Waals surface area contributed by atoms with E-state index in [2.05, 4.69) is 24.5 Å². The van der Waals surface area contributed by atoms with Gasteiger partial charge in [0.25, 0.3) is 0 Å². The number of hydrogen-bond donors (Lipinski definition) is 2. The van der Waals surface area contributed by atoms with Crippen LogP contribution in [0.4, 0.5) is 11.4 Å². The maximum absolute atomic E-state index is 12.6. The highest BCUT2D eigenvalue weighted by Crippen LogP contribution is 2.41. The average Bonchev–Trinajstić information content (AvgIpc) is 3.44. The molecule has 2 atom stereocenters. The fourth-order valence-electron chi connectivity index (χ4n) is 3.27. The van der Waals surface area contributed by atoms with Crippen LogP contribution in [-0.4, -0.2) is 17.9 Å². The number of nitrogens with one attached hydrogen (secondary N) is 2. The molecule has 2 aromatic rings. The van der Waals surface area contributed by atoms with Crippen molar-refractivity contribution < 1.29 is 14.3 Å². The molecule has 2 amide bonds. The van der Waals surface area contributed by atoms with Gasteiger partial charge in [0, 0.05) is 5.69 Å². The third-order valence-corrected chi connectivity index (χ3v) is 4.81. The summed E-state index contributed by atoms with van der Waals surface area (Å²) in [4.78, 5) is 25.2. The number of rotatable bonds is 7. The molecule has 2 N–H and O–H groups in total. The fourth-order valence-corrected chi connectivity index (χ4v) is 3.27. The number of anilines is 2. The Kier molecular flexibility index (Phi) is 6.02. The zero-order chi connectivity index (χ0) is 20.3. The molecule has 5 heteroatoms. The zero-order valence-corrected chi connectivity index (χ0v) is 16.9. The Morgan fingerprint density at radius 3 is 2.00 bits per heavy atom. The second-order valence-electron chi connectivity index (χ2n) is 7.83. The fraction of sp³-hybridized carbons (Fsp3) is 0.391. The van der Waals surface area contributed by atoms with Crippen molar-refractivity contribution in [2.24, 2.45) is 11.8 Å². The van der Waals surface area contributed by atoms with Gasteiger partial charge in [-0.15, -0.1) is 0 Å². The zero-order valence-electron chi connectivity index (χ0n) is 16.9. The summed E-state index contributed by atoms with van der Waals surface area (Å²) in [7, 11) is 0. The summed E-state index contributed by atoms with van der Waals surface area (Å²) in [5.41, 5.74) is 2.55. The lowest BCUT2D eigenvalue weighted by Crippen LogP contribution is -2.21. The summed E-state index contributed by atoms with van der Waals surface area (Å²) in [6.45, 7) is 8.06. The first-order chi connectivity index (χ1) is 13.4. The lowest BCUT2D eigenvalue weighted by molar-refractivity contribution is -0.122. The number of amides is 2. The van der Waals surface area contributed by atoms with E-state index in [4.69, 9.17) is 4.74 Å². The van der Waals surface area contributed by atoms with Crippen LogP contribution in [0, 0.1) is 11.8 Å². The van der Waals surface area contributed by atoms with E-state index in [1.54, 1.807) is 0 Å². The van der Waals surface area contributed by atoms with Gasteiger partial charge in [0.15, 0.2) is 0 Å². The van der Waals surface area contributed by atoms with Crippen molar-refractivity contribution in [3.05, 3.63) is 54.1 Å². The molecule has 28 heavy (non-hydrogen) atoms. The van der Waals surface area contributed by atoms with Crippen LogP contribution in [0.1, 0.15) is 45.6 Å². The third kappa shape index (κ3) is 4.71. The number of carbonyl (C=O) groups is 2. The highest BCUT2D eigenvalue weighted by Gasteiger charge is 2.48. The molecule has 5 nitrogen and oxygen atoms in total. The van der Waals surface area contributed by atoms with Gasteiger partial charge in [-0.1, -0.05) is 44.2 Å². The molecule has 0 aliphatic heterocycles. The minimum Gasteiger partial charge on any atom is -0.489 e. The predicted octanol–water partition coefficient (Wildman–Crippen LogP) is 4.81. The van der Waals surface area contributed by atoms with E-state index in [1.807, 2.05) is 62.4 Å². The third-order valence-electron chi connectivity index (χ3n) is 4.81. The molecule has 1 saturated carbocycles. The molecule has 1 aliphatic rings. The Bertz CT molecular complexity index is 860. The van der Waals surface area contributed by atoms with Crippen LogP contribution in [0.2, 0.25) is 0 Å². The van der Waals surface area contributed by atoms with E-state index >= 15 is 0 Å². The van der Waals surface area contributed by atoms with E-state index in [0.717, 1.165) is 11.3 Å². The molecule has 0 aromatic heterocycles. The van der Waals surface area contributed by atoms with Gasteiger partial charge in [-0.25, -0.2) is 0 Å². The summed E-state index contributed by atoms with van der Waals surface area (Å²) < 4.78 is 5.74. The van der Waals surface area contributed by atoms with Crippen molar-refractivity contribution in [2.45, 2.75) is 46.1 Å². The maximum atomic E-state index is 12.6. The monoisotopic (exact) mass is 380 g/mol. The molecule has 3 rings (SSSR count). The van der Waals surface area contributed by atoms with E-state index < -0.39 is 0 Å². The molecular weight excluding hydrogens is 352 g/mol. The SMILES string of the molecule is CC(C)Oc1ccccc1NC(=O)C1CC1C(=O)Nc1ccccc1C(C)C. The van der Waals surface area contributed by atoms with Crippen molar-refractivity contribution in [3.63, 3.8) is 0 Å². The molecule has 0 spiro atoms. The van der Waals surface area contributed by atoms with Gasteiger partial charge < -0.3 is 15.4 Å². The average molecular weight is 380 g/mol. The normalized spacial score (nSPS) is 18.1. The second kappa shape index (κ2) is 8.46. The Balaban J connectivity index is 1.61. The van der Waals surface area contributed by atoms with Crippen LogP contribution in [0.15, 0.2) is 48.5 Å². The molecule has 2 unspecified atom stereocenters. The molecular formula is C23H28N2O3. The molecule has 0 bridgehead atoms. The smallest absolute Gasteiger partial charge is 0.228 e. The molecule has 1 fully saturated rings. The summed E-state index contributed by atoms with van der Waals surface area (Å²) in [6.07, 6.45) is 0.577. The molecule has 1 aliphatic carbocycles.